The highest BCUT2D eigenvalue weighted by Crippen LogP contribution is 2.46. The molecule has 2 aliphatic heterocycles. The third-order valence-corrected chi connectivity index (χ3v) is 6.35. The van der Waals surface area contributed by atoms with Gasteiger partial charge in [-0.3, -0.25) is 19.2 Å². The second-order valence-electron chi connectivity index (χ2n) is 7.16. The van der Waals surface area contributed by atoms with Gasteiger partial charge in [0.25, 0.3) is 5.91 Å². The van der Waals surface area contributed by atoms with Gasteiger partial charge >= 0.3 is 0 Å². The quantitative estimate of drug-likeness (QED) is 0.695. The maximum absolute atomic E-state index is 13.3. The zero-order valence-electron chi connectivity index (χ0n) is 15.6. The van der Waals surface area contributed by atoms with Crippen LogP contribution in [-0.2, 0) is 19.2 Å². The first-order valence-electron chi connectivity index (χ1n) is 8.99. The van der Waals surface area contributed by atoms with E-state index in [-0.39, 0.29) is 11.6 Å². The molecule has 2 aliphatic rings. The summed E-state index contributed by atoms with van der Waals surface area (Å²) in [7, 11) is 0. The van der Waals surface area contributed by atoms with Crippen LogP contribution in [0.2, 0.25) is 15.1 Å². The van der Waals surface area contributed by atoms with E-state index in [0.717, 1.165) is 10.5 Å². The molecule has 2 saturated heterocycles. The van der Waals surface area contributed by atoms with Crippen molar-refractivity contribution >= 4 is 58.2 Å². The van der Waals surface area contributed by atoms with Crippen molar-refractivity contribution in [2.45, 2.75) is 19.1 Å². The Labute approximate surface area is 187 Å². The van der Waals surface area contributed by atoms with E-state index < -0.39 is 35.8 Å². The Morgan fingerprint density at radius 2 is 1.77 bits per heavy atom. The Morgan fingerprint density at radius 3 is 2.40 bits per heavy atom. The van der Waals surface area contributed by atoms with Crippen molar-refractivity contribution < 1.29 is 19.2 Å². The summed E-state index contributed by atoms with van der Waals surface area (Å²) in [5.74, 6) is -2.56. The fourth-order valence-electron chi connectivity index (χ4n) is 3.80. The molecule has 0 bridgehead atoms. The van der Waals surface area contributed by atoms with Crippen molar-refractivity contribution in [3.63, 3.8) is 0 Å². The third kappa shape index (κ3) is 3.46. The van der Waals surface area contributed by atoms with Crippen LogP contribution in [0.4, 0.5) is 5.69 Å². The van der Waals surface area contributed by atoms with Crippen LogP contribution >= 0.6 is 34.8 Å². The number of carbonyl (C=O) groups is 3. The summed E-state index contributed by atoms with van der Waals surface area (Å²) in [4.78, 5) is 44.8. The van der Waals surface area contributed by atoms with Gasteiger partial charge < -0.3 is 5.73 Å². The van der Waals surface area contributed by atoms with Gasteiger partial charge in [-0.15, -0.1) is 0 Å². The molecular weight excluding hydrogens is 453 g/mol. The molecule has 0 spiro atoms. The van der Waals surface area contributed by atoms with E-state index >= 15 is 0 Å². The second kappa shape index (κ2) is 7.83. The minimum Gasteiger partial charge on any atom is -0.368 e. The highest BCUT2D eigenvalue weighted by atomic mass is 35.5. The number of nitrogens with zero attached hydrogens (tertiary/aromatic N) is 2. The molecule has 2 heterocycles. The lowest BCUT2D eigenvalue weighted by Crippen LogP contribution is -2.40. The Balaban J connectivity index is 1.76. The summed E-state index contributed by atoms with van der Waals surface area (Å²) in [5.41, 5.74) is 7.08. The summed E-state index contributed by atoms with van der Waals surface area (Å²) in [6, 6.07) is 9.01. The van der Waals surface area contributed by atoms with Gasteiger partial charge in [-0.25, -0.2) is 4.90 Å². The number of nitrogens with two attached hydrogens (primary N) is 1. The highest BCUT2D eigenvalue weighted by molar-refractivity contribution is 6.42. The van der Waals surface area contributed by atoms with Gasteiger partial charge in [0, 0.05) is 5.02 Å². The summed E-state index contributed by atoms with van der Waals surface area (Å²) >= 11 is 18.3. The number of fused-ring (bicyclic) bond motifs is 1. The number of carbonyl (C=O) groups excluding carboxylic acids is 3. The number of anilines is 1. The van der Waals surface area contributed by atoms with Gasteiger partial charge in [-0.1, -0.05) is 46.9 Å². The van der Waals surface area contributed by atoms with Crippen molar-refractivity contribution in [1.29, 1.82) is 0 Å². The van der Waals surface area contributed by atoms with E-state index in [1.165, 1.54) is 5.06 Å². The fourth-order valence-corrected chi connectivity index (χ4v) is 4.29. The van der Waals surface area contributed by atoms with Gasteiger partial charge in [0.05, 0.1) is 27.7 Å². The summed E-state index contributed by atoms with van der Waals surface area (Å²) in [6.07, 6.45) is -1.10. The monoisotopic (exact) mass is 467 g/mol. The Kier molecular flexibility index (Phi) is 5.50. The lowest BCUT2D eigenvalue weighted by Gasteiger charge is -2.26. The van der Waals surface area contributed by atoms with Crippen molar-refractivity contribution in [1.82, 2.24) is 5.06 Å². The molecule has 0 saturated carbocycles. The first kappa shape index (κ1) is 21.1. The Hall–Kier alpha value is -2.16. The molecule has 30 heavy (non-hydrogen) atoms. The predicted molar refractivity (Wildman–Crippen MR) is 112 cm³/mol. The van der Waals surface area contributed by atoms with Crippen molar-refractivity contribution in [2.75, 3.05) is 11.4 Å². The zero-order chi connectivity index (χ0) is 21.7. The standard InChI is InChI=1S/C20H16Cl3N3O4/c1-9-2-4-11(7-13(9)22)26-19(28)16-17(10-3-5-12(21)14(23)6-10)25(8-15(24)27)30-18(16)20(26)29/h2-7,16-18H,8H2,1H3,(H2,24,27). The van der Waals surface area contributed by atoms with Crippen LogP contribution in [0.15, 0.2) is 36.4 Å². The minimum absolute atomic E-state index is 0.274. The molecule has 3 unspecified atom stereocenters. The normalized spacial score (nSPS) is 23.9. The molecule has 156 valence electrons. The van der Waals surface area contributed by atoms with Gasteiger partial charge in [0.2, 0.25) is 11.8 Å². The number of imide groups is 1. The van der Waals surface area contributed by atoms with Gasteiger partial charge in [0.15, 0.2) is 6.10 Å². The fraction of sp³-hybridized carbons (Fsp3) is 0.250. The lowest BCUT2D eigenvalue weighted by atomic mass is 9.91. The maximum Gasteiger partial charge on any atom is 0.265 e. The van der Waals surface area contributed by atoms with E-state index in [2.05, 4.69) is 0 Å². The molecule has 10 heteroatoms. The van der Waals surface area contributed by atoms with E-state index in [4.69, 9.17) is 45.4 Å². The number of benzene rings is 2. The van der Waals surface area contributed by atoms with Gasteiger partial charge in [0.1, 0.15) is 6.54 Å². The number of hydrogen-bond donors (Lipinski definition) is 1. The molecule has 7 nitrogen and oxygen atoms in total. The molecule has 4 rings (SSSR count). The number of halogens is 3. The number of hydrogen-bond acceptors (Lipinski definition) is 5. The van der Waals surface area contributed by atoms with E-state index in [1.54, 1.807) is 36.4 Å². The zero-order valence-corrected chi connectivity index (χ0v) is 17.9. The van der Waals surface area contributed by atoms with Gasteiger partial charge in [-0.05, 0) is 42.3 Å². The van der Waals surface area contributed by atoms with Crippen LogP contribution in [0.3, 0.4) is 0 Å². The molecule has 3 amide bonds. The molecular formula is C20H16Cl3N3O4. The highest BCUT2D eigenvalue weighted by Gasteiger charge is 2.60. The molecule has 2 aromatic carbocycles. The van der Waals surface area contributed by atoms with E-state index in [9.17, 15) is 14.4 Å². The molecule has 3 atom stereocenters. The van der Waals surface area contributed by atoms with Crippen LogP contribution in [0.25, 0.3) is 0 Å². The van der Waals surface area contributed by atoms with Gasteiger partial charge in [-0.2, -0.15) is 5.06 Å². The van der Waals surface area contributed by atoms with Crippen LogP contribution in [0, 0.1) is 12.8 Å². The molecule has 2 aromatic rings. The van der Waals surface area contributed by atoms with Crippen LogP contribution in [0.1, 0.15) is 17.2 Å². The average molecular weight is 469 g/mol. The predicted octanol–water partition coefficient (Wildman–Crippen LogP) is 3.29. The largest absolute Gasteiger partial charge is 0.368 e. The van der Waals surface area contributed by atoms with Crippen LogP contribution < -0.4 is 10.6 Å². The molecule has 0 radical (unpaired) electrons. The number of primary amides is 1. The average Bonchev–Trinajstić information content (AvgIpc) is 3.15. The summed E-state index contributed by atoms with van der Waals surface area (Å²) in [5, 5.41) is 2.30. The summed E-state index contributed by atoms with van der Waals surface area (Å²) < 4.78 is 0. The minimum atomic E-state index is -1.10. The van der Waals surface area contributed by atoms with Crippen molar-refractivity contribution in [3.05, 3.63) is 62.6 Å². The second-order valence-corrected chi connectivity index (χ2v) is 8.38. The first-order chi connectivity index (χ1) is 14.2. The third-order valence-electron chi connectivity index (χ3n) is 5.21. The molecule has 0 aromatic heterocycles. The topological polar surface area (TPSA) is 92.9 Å². The van der Waals surface area contributed by atoms with Crippen LogP contribution in [0.5, 0.6) is 0 Å². The SMILES string of the molecule is Cc1ccc(N2C(=O)C3ON(CC(N)=O)C(c4ccc(Cl)c(Cl)c4)C3C2=O)cc1Cl. The Morgan fingerprint density at radius 1 is 1.03 bits per heavy atom. The first-order valence-corrected chi connectivity index (χ1v) is 10.1. The number of hydroxylamine groups is 2. The summed E-state index contributed by atoms with van der Waals surface area (Å²) in [6.45, 7) is 1.52. The molecule has 2 fully saturated rings. The smallest absolute Gasteiger partial charge is 0.265 e. The number of aryl methyl sites for hydroxylation is 1. The van der Waals surface area contributed by atoms with Crippen molar-refractivity contribution in [3.8, 4) is 0 Å². The van der Waals surface area contributed by atoms with Crippen LogP contribution in [-0.4, -0.2) is 35.4 Å². The lowest BCUT2D eigenvalue weighted by molar-refractivity contribution is -0.175. The molecule has 0 aliphatic carbocycles. The maximum atomic E-state index is 13.3. The number of rotatable bonds is 4. The van der Waals surface area contributed by atoms with E-state index in [1.807, 2.05) is 6.92 Å². The number of amides is 3. The Bertz CT molecular complexity index is 1080. The van der Waals surface area contributed by atoms with E-state index in [0.29, 0.717) is 21.3 Å². The molecule has 2 N–H and O–H groups in total. The van der Waals surface area contributed by atoms with Crippen molar-refractivity contribution in [2.24, 2.45) is 11.7 Å².